The highest BCUT2D eigenvalue weighted by Crippen LogP contribution is 2.32. The van der Waals surface area contributed by atoms with Gasteiger partial charge in [-0.3, -0.25) is 4.79 Å². The number of ether oxygens (including phenoxy) is 2. The Balaban J connectivity index is 0.00000264. The molecule has 0 spiro atoms. The fraction of sp³-hybridized carbons (Fsp3) is 0.533. The Kier molecular flexibility index (Phi) is 7.02. The van der Waals surface area contributed by atoms with Gasteiger partial charge in [-0.05, 0) is 31.4 Å². The molecule has 3 N–H and O–H groups in total. The number of hydrogen-bond acceptors (Lipinski definition) is 4. The summed E-state index contributed by atoms with van der Waals surface area (Å²) in [6.45, 7) is -0.436. The number of hydrogen-bond donors (Lipinski definition) is 2. The number of rotatable bonds is 8. The van der Waals surface area contributed by atoms with E-state index in [2.05, 4.69) is 10.1 Å². The number of halogens is 3. The van der Waals surface area contributed by atoms with Gasteiger partial charge in [-0.25, -0.2) is 0 Å². The van der Waals surface area contributed by atoms with Gasteiger partial charge in [-0.15, -0.1) is 12.4 Å². The average molecular weight is 351 g/mol. The van der Waals surface area contributed by atoms with E-state index in [9.17, 15) is 13.6 Å². The first-order valence-electron chi connectivity index (χ1n) is 7.22. The zero-order chi connectivity index (χ0) is 16.2. The van der Waals surface area contributed by atoms with Crippen molar-refractivity contribution in [3.8, 4) is 11.5 Å². The quantitative estimate of drug-likeness (QED) is 0.756. The van der Waals surface area contributed by atoms with Crippen molar-refractivity contribution >= 4 is 18.3 Å². The first-order chi connectivity index (χ1) is 10.4. The Bertz CT molecular complexity index is 539. The molecule has 0 aliphatic heterocycles. The number of nitrogens with two attached hydrogens (primary N) is 1. The van der Waals surface area contributed by atoms with Crippen LogP contribution in [0.1, 0.15) is 31.7 Å². The molecule has 0 saturated heterocycles. The maximum Gasteiger partial charge on any atom is 0.387 e. The molecule has 130 valence electrons. The Morgan fingerprint density at radius 2 is 2.13 bits per heavy atom. The van der Waals surface area contributed by atoms with Gasteiger partial charge in [0, 0.05) is 18.2 Å². The Labute approximate surface area is 139 Å². The van der Waals surface area contributed by atoms with Gasteiger partial charge in [-0.1, -0.05) is 6.92 Å². The van der Waals surface area contributed by atoms with Crippen LogP contribution in [-0.2, 0) is 11.3 Å². The molecule has 1 aromatic carbocycles. The van der Waals surface area contributed by atoms with Crippen LogP contribution in [0.4, 0.5) is 8.78 Å². The summed E-state index contributed by atoms with van der Waals surface area (Å²) < 4.78 is 34.9. The maximum absolute atomic E-state index is 12.5. The lowest BCUT2D eigenvalue weighted by atomic mass is 10.1. The van der Waals surface area contributed by atoms with Crippen LogP contribution >= 0.6 is 12.4 Å². The predicted octanol–water partition coefficient (Wildman–Crippen LogP) is 2.61. The van der Waals surface area contributed by atoms with Gasteiger partial charge in [0.1, 0.15) is 11.5 Å². The lowest BCUT2D eigenvalue weighted by Crippen LogP contribution is -2.42. The molecule has 0 unspecified atom stereocenters. The molecule has 5 nitrogen and oxygen atoms in total. The van der Waals surface area contributed by atoms with E-state index in [-0.39, 0.29) is 30.6 Å². The molecule has 8 heteroatoms. The molecule has 1 fully saturated rings. The molecule has 0 aromatic heterocycles. The number of alkyl halides is 2. The third kappa shape index (κ3) is 5.51. The second-order valence-corrected chi connectivity index (χ2v) is 5.34. The number of amides is 1. The molecular formula is C15H21ClF2N2O3. The zero-order valence-corrected chi connectivity index (χ0v) is 13.6. The fourth-order valence-electron chi connectivity index (χ4n) is 1.91. The average Bonchev–Trinajstić information content (AvgIpc) is 3.22. The number of benzene rings is 1. The van der Waals surface area contributed by atoms with E-state index in [0.29, 0.717) is 30.8 Å². The van der Waals surface area contributed by atoms with E-state index >= 15 is 0 Å². The number of carbonyl (C=O) groups excluding carboxylic acids is 1. The third-order valence-corrected chi connectivity index (χ3v) is 3.41. The van der Waals surface area contributed by atoms with Crippen LogP contribution in [0.2, 0.25) is 0 Å². The van der Waals surface area contributed by atoms with Crippen LogP contribution in [0, 0.1) is 0 Å². The van der Waals surface area contributed by atoms with E-state index < -0.39 is 12.2 Å². The highest BCUT2D eigenvalue weighted by Gasteiger charge is 2.45. The van der Waals surface area contributed by atoms with Crippen molar-refractivity contribution in [3.05, 3.63) is 23.8 Å². The lowest BCUT2D eigenvalue weighted by Gasteiger charge is -2.15. The van der Waals surface area contributed by atoms with E-state index in [0.717, 1.165) is 6.42 Å². The van der Waals surface area contributed by atoms with Gasteiger partial charge in [0.2, 0.25) is 5.91 Å². The van der Waals surface area contributed by atoms with E-state index in [1.165, 1.54) is 6.07 Å². The molecule has 0 heterocycles. The summed E-state index contributed by atoms with van der Waals surface area (Å²) in [5, 5.41) is 2.65. The molecule has 1 amide bonds. The van der Waals surface area contributed by atoms with Crippen molar-refractivity contribution in [1.82, 2.24) is 5.32 Å². The fourth-order valence-corrected chi connectivity index (χ4v) is 1.91. The van der Waals surface area contributed by atoms with Gasteiger partial charge in [0.05, 0.1) is 12.1 Å². The van der Waals surface area contributed by atoms with Crippen LogP contribution in [0.5, 0.6) is 11.5 Å². The van der Waals surface area contributed by atoms with Gasteiger partial charge in [0.25, 0.3) is 0 Å². The van der Waals surface area contributed by atoms with Crippen molar-refractivity contribution in [2.75, 3.05) is 6.61 Å². The van der Waals surface area contributed by atoms with E-state index in [1.54, 1.807) is 12.1 Å². The summed E-state index contributed by atoms with van der Waals surface area (Å²) in [7, 11) is 0. The van der Waals surface area contributed by atoms with Crippen molar-refractivity contribution < 1.29 is 23.0 Å². The van der Waals surface area contributed by atoms with Crippen LogP contribution in [0.3, 0.4) is 0 Å². The molecule has 1 saturated carbocycles. The van der Waals surface area contributed by atoms with Crippen molar-refractivity contribution in [2.24, 2.45) is 5.73 Å². The van der Waals surface area contributed by atoms with Crippen LogP contribution < -0.4 is 20.5 Å². The summed E-state index contributed by atoms with van der Waals surface area (Å²) in [6.07, 6.45) is 2.09. The summed E-state index contributed by atoms with van der Waals surface area (Å²) in [5.41, 5.74) is 5.42. The molecule has 1 aliphatic rings. The Hall–Kier alpha value is -1.60. The standard InChI is InChI=1S/C15H20F2N2O3.ClH/c1-2-7-21-11-4-3-10(12(8-11)22-14(16)17)9-19-13(20)15(18)5-6-15;/h3-4,8,14H,2,5-7,9,18H2,1H3,(H,19,20);1H. The van der Waals surface area contributed by atoms with E-state index in [1.807, 2.05) is 6.92 Å². The smallest absolute Gasteiger partial charge is 0.387 e. The predicted molar refractivity (Wildman–Crippen MR) is 84.1 cm³/mol. The minimum absolute atomic E-state index is 0. The minimum Gasteiger partial charge on any atom is -0.493 e. The highest BCUT2D eigenvalue weighted by atomic mass is 35.5. The normalized spacial score (nSPS) is 14.8. The van der Waals surface area contributed by atoms with Crippen molar-refractivity contribution in [1.29, 1.82) is 0 Å². The van der Waals surface area contributed by atoms with Gasteiger partial charge < -0.3 is 20.5 Å². The lowest BCUT2D eigenvalue weighted by molar-refractivity contribution is -0.123. The molecule has 23 heavy (non-hydrogen) atoms. The maximum atomic E-state index is 12.5. The topological polar surface area (TPSA) is 73.6 Å². The van der Waals surface area contributed by atoms with Gasteiger partial charge in [0.15, 0.2) is 0 Å². The second-order valence-electron chi connectivity index (χ2n) is 5.34. The zero-order valence-electron chi connectivity index (χ0n) is 12.8. The Morgan fingerprint density at radius 3 is 2.70 bits per heavy atom. The molecule has 1 aliphatic carbocycles. The molecule has 0 radical (unpaired) electrons. The van der Waals surface area contributed by atoms with Gasteiger partial charge in [-0.2, -0.15) is 8.78 Å². The minimum atomic E-state index is -2.94. The monoisotopic (exact) mass is 350 g/mol. The van der Waals surface area contributed by atoms with Crippen LogP contribution in [-0.4, -0.2) is 24.7 Å². The third-order valence-electron chi connectivity index (χ3n) is 3.41. The van der Waals surface area contributed by atoms with Crippen LogP contribution in [0.15, 0.2) is 18.2 Å². The van der Waals surface area contributed by atoms with Crippen molar-refractivity contribution in [2.45, 2.75) is 44.9 Å². The number of carbonyl (C=O) groups is 1. The number of nitrogens with one attached hydrogen (secondary N) is 1. The SMILES string of the molecule is CCCOc1ccc(CNC(=O)C2(N)CC2)c(OC(F)F)c1.Cl. The summed E-state index contributed by atoms with van der Waals surface area (Å²) in [4.78, 5) is 11.8. The van der Waals surface area contributed by atoms with E-state index in [4.69, 9.17) is 10.5 Å². The first kappa shape index (κ1) is 19.4. The highest BCUT2D eigenvalue weighted by molar-refractivity contribution is 5.88. The largest absolute Gasteiger partial charge is 0.493 e. The molecule has 0 bridgehead atoms. The van der Waals surface area contributed by atoms with Crippen LogP contribution in [0.25, 0.3) is 0 Å². The molecule has 0 atom stereocenters. The molecular weight excluding hydrogens is 330 g/mol. The first-order valence-corrected chi connectivity index (χ1v) is 7.22. The van der Waals surface area contributed by atoms with Gasteiger partial charge >= 0.3 is 6.61 Å². The second kappa shape index (κ2) is 8.31. The Morgan fingerprint density at radius 1 is 1.43 bits per heavy atom. The molecule has 1 aromatic rings. The molecule has 2 rings (SSSR count). The summed E-state index contributed by atoms with van der Waals surface area (Å²) in [6, 6.07) is 4.66. The van der Waals surface area contributed by atoms with Crippen molar-refractivity contribution in [3.63, 3.8) is 0 Å². The summed E-state index contributed by atoms with van der Waals surface area (Å²) >= 11 is 0. The summed E-state index contributed by atoms with van der Waals surface area (Å²) in [5.74, 6) is 0.164.